The highest BCUT2D eigenvalue weighted by Gasteiger charge is 2.32. The molecule has 1 aliphatic carbocycles. The number of esters is 1. The Kier molecular flexibility index (Phi) is 8.91. The number of hydrogen-bond donors (Lipinski definition) is 0. The molecule has 0 aliphatic heterocycles. The molecule has 0 bridgehead atoms. The van der Waals surface area contributed by atoms with Crippen molar-refractivity contribution in [2.45, 2.75) is 78.2 Å². The van der Waals surface area contributed by atoms with Gasteiger partial charge in [-0.2, -0.15) is 0 Å². The van der Waals surface area contributed by atoms with E-state index in [2.05, 4.69) is 11.1 Å². The standard InChI is InChI=1S/C31H39NO5/c1-5-34-30(33)31(3,4)37-28-17-16-26(21-25(28)20-23-12-8-6-9-13-23)35-19-18-27-22(2)36-29(32-27)24-14-10-7-11-15-24/h7,10-11,14-17,21,23H,5-6,8-9,12-13,18-20H2,1-4H3. The zero-order valence-electron chi connectivity index (χ0n) is 22.5. The van der Waals surface area contributed by atoms with E-state index in [0.29, 0.717) is 31.4 Å². The van der Waals surface area contributed by atoms with Crippen molar-refractivity contribution in [1.29, 1.82) is 0 Å². The Labute approximate surface area is 220 Å². The number of carbonyl (C=O) groups excluding carboxylic acids is 1. The molecule has 37 heavy (non-hydrogen) atoms. The van der Waals surface area contributed by atoms with Crippen molar-refractivity contribution in [3.8, 4) is 23.0 Å². The molecule has 2 aromatic carbocycles. The molecule has 198 valence electrons. The second-order valence-corrected chi connectivity index (χ2v) is 10.3. The fourth-order valence-corrected chi connectivity index (χ4v) is 4.86. The third-order valence-corrected chi connectivity index (χ3v) is 6.92. The first-order chi connectivity index (χ1) is 17.9. The van der Waals surface area contributed by atoms with E-state index >= 15 is 0 Å². The molecule has 0 unspecified atom stereocenters. The molecule has 0 spiro atoms. The van der Waals surface area contributed by atoms with Crippen LogP contribution in [0.2, 0.25) is 0 Å². The predicted molar refractivity (Wildman–Crippen MR) is 144 cm³/mol. The molecule has 1 saturated carbocycles. The molecule has 1 fully saturated rings. The van der Waals surface area contributed by atoms with Crippen LogP contribution in [0.3, 0.4) is 0 Å². The van der Waals surface area contributed by atoms with Crippen LogP contribution in [0.15, 0.2) is 52.9 Å². The van der Waals surface area contributed by atoms with E-state index in [1.807, 2.05) is 49.4 Å². The Hall–Kier alpha value is -3.28. The van der Waals surface area contributed by atoms with Crippen LogP contribution in [0.5, 0.6) is 11.5 Å². The number of nitrogens with zero attached hydrogens (tertiary/aromatic N) is 1. The quantitative estimate of drug-likeness (QED) is 0.259. The number of hydrogen-bond acceptors (Lipinski definition) is 6. The van der Waals surface area contributed by atoms with Crippen LogP contribution in [0.1, 0.15) is 69.9 Å². The second kappa shape index (κ2) is 12.3. The minimum Gasteiger partial charge on any atom is -0.493 e. The van der Waals surface area contributed by atoms with E-state index in [9.17, 15) is 4.79 Å². The average Bonchev–Trinajstić information content (AvgIpc) is 3.27. The average molecular weight is 506 g/mol. The number of oxazole rings is 1. The van der Waals surface area contributed by atoms with Gasteiger partial charge in [-0.15, -0.1) is 0 Å². The fourth-order valence-electron chi connectivity index (χ4n) is 4.86. The highest BCUT2D eigenvalue weighted by molar-refractivity contribution is 5.79. The molecule has 0 radical (unpaired) electrons. The van der Waals surface area contributed by atoms with Crippen molar-refractivity contribution in [1.82, 2.24) is 4.98 Å². The van der Waals surface area contributed by atoms with Crippen molar-refractivity contribution in [3.05, 3.63) is 65.5 Å². The molecular weight excluding hydrogens is 466 g/mol. The Morgan fingerprint density at radius 2 is 1.84 bits per heavy atom. The lowest BCUT2D eigenvalue weighted by atomic mass is 9.84. The fraction of sp³-hybridized carbons (Fsp3) is 0.484. The van der Waals surface area contributed by atoms with Crippen molar-refractivity contribution < 1.29 is 23.4 Å². The van der Waals surface area contributed by atoms with Gasteiger partial charge in [-0.1, -0.05) is 50.3 Å². The lowest BCUT2D eigenvalue weighted by molar-refractivity contribution is -0.158. The van der Waals surface area contributed by atoms with Crippen LogP contribution >= 0.6 is 0 Å². The first-order valence-corrected chi connectivity index (χ1v) is 13.5. The Balaban J connectivity index is 1.45. The molecule has 0 saturated heterocycles. The zero-order chi connectivity index (χ0) is 26.3. The maximum Gasteiger partial charge on any atom is 0.349 e. The van der Waals surface area contributed by atoms with Crippen molar-refractivity contribution in [3.63, 3.8) is 0 Å². The third kappa shape index (κ3) is 7.15. The smallest absolute Gasteiger partial charge is 0.349 e. The number of aromatic nitrogens is 1. The highest BCUT2D eigenvalue weighted by atomic mass is 16.6. The molecule has 0 N–H and O–H groups in total. The molecule has 3 aromatic rings. The lowest BCUT2D eigenvalue weighted by Gasteiger charge is -2.27. The molecule has 0 amide bonds. The van der Waals surface area contributed by atoms with Gasteiger partial charge in [0.05, 0.1) is 18.9 Å². The normalized spacial score (nSPS) is 14.4. The van der Waals surface area contributed by atoms with Crippen LogP contribution in [-0.2, 0) is 22.4 Å². The first kappa shape index (κ1) is 26.8. The van der Waals surface area contributed by atoms with E-state index in [0.717, 1.165) is 40.5 Å². The van der Waals surface area contributed by atoms with Gasteiger partial charge in [0.15, 0.2) is 5.60 Å². The monoisotopic (exact) mass is 505 g/mol. The van der Waals surface area contributed by atoms with Crippen LogP contribution < -0.4 is 9.47 Å². The summed E-state index contributed by atoms with van der Waals surface area (Å²) in [5.74, 6) is 3.20. The molecule has 4 rings (SSSR count). The van der Waals surface area contributed by atoms with E-state index in [-0.39, 0.29) is 5.97 Å². The van der Waals surface area contributed by atoms with Gasteiger partial charge in [0.25, 0.3) is 0 Å². The predicted octanol–water partition coefficient (Wildman–Crippen LogP) is 7.11. The number of benzene rings is 2. The van der Waals surface area contributed by atoms with Crippen LogP contribution in [-0.4, -0.2) is 29.8 Å². The number of rotatable bonds is 11. The van der Waals surface area contributed by atoms with Gasteiger partial charge in [0.2, 0.25) is 5.89 Å². The molecule has 1 aliphatic rings. The summed E-state index contributed by atoms with van der Waals surface area (Å²) in [5, 5.41) is 0. The molecule has 1 heterocycles. The molecular formula is C31H39NO5. The van der Waals surface area contributed by atoms with Gasteiger partial charge in [0.1, 0.15) is 17.3 Å². The van der Waals surface area contributed by atoms with Gasteiger partial charge in [0, 0.05) is 12.0 Å². The summed E-state index contributed by atoms with van der Waals surface area (Å²) in [6.07, 6.45) is 7.86. The van der Waals surface area contributed by atoms with E-state index < -0.39 is 5.60 Å². The minimum absolute atomic E-state index is 0.325. The summed E-state index contributed by atoms with van der Waals surface area (Å²) in [7, 11) is 0. The summed E-state index contributed by atoms with van der Waals surface area (Å²) in [5.41, 5.74) is 1.87. The summed E-state index contributed by atoms with van der Waals surface area (Å²) in [4.78, 5) is 17.1. The van der Waals surface area contributed by atoms with E-state index in [4.69, 9.17) is 18.6 Å². The Bertz CT molecular complexity index is 1160. The van der Waals surface area contributed by atoms with Crippen molar-refractivity contribution in [2.24, 2.45) is 5.92 Å². The summed E-state index contributed by atoms with van der Waals surface area (Å²) < 4.78 is 23.5. The van der Waals surface area contributed by atoms with Crippen LogP contribution in [0, 0.1) is 12.8 Å². The van der Waals surface area contributed by atoms with E-state index in [1.54, 1.807) is 20.8 Å². The number of carbonyl (C=O) groups is 1. The SMILES string of the molecule is CCOC(=O)C(C)(C)Oc1ccc(OCCc2nc(-c3ccccc3)oc2C)cc1CC1CCCCC1. The maximum atomic E-state index is 12.4. The maximum absolute atomic E-state index is 12.4. The Morgan fingerprint density at radius 3 is 2.57 bits per heavy atom. The third-order valence-electron chi connectivity index (χ3n) is 6.92. The van der Waals surface area contributed by atoms with Gasteiger partial charge < -0.3 is 18.6 Å². The first-order valence-electron chi connectivity index (χ1n) is 13.5. The zero-order valence-corrected chi connectivity index (χ0v) is 22.5. The number of aryl methyl sites for hydroxylation is 1. The van der Waals surface area contributed by atoms with Gasteiger partial charge in [-0.05, 0) is 75.9 Å². The molecule has 6 heteroatoms. The van der Waals surface area contributed by atoms with Crippen molar-refractivity contribution >= 4 is 5.97 Å². The molecule has 6 nitrogen and oxygen atoms in total. The van der Waals surface area contributed by atoms with E-state index in [1.165, 1.54) is 32.1 Å². The largest absolute Gasteiger partial charge is 0.493 e. The summed E-state index contributed by atoms with van der Waals surface area (Å²) in [6, 6.07) is 15.8. The van der Waals surface area contributed by atoms with Gasteiger partial charge in [-0.3, -0.25) is 0 Å². The second-order valence-electron chi connectivity index (χ2n) is 10.3. The topological polar surface area (TPSA) is 70.8 Å². The van der Waals surface area contributed by atoms with Crippen LogP contribution in [0.25, 0.3) is 11.5 Å². The summed E-state index contributed by atoms with van der Waals surface area (Å²) >= 11 is 0. The number of ether oxygens (including phenoxy) is 3. The summed E-state index contributed by atoms with van der Waals surface area (Å²) in [6.45, 7) is 8.06. The highest BCUT2D eigenvalue weighted by Crippen LogP contribution is 2.34. The Morgan fingerprint density at radius 1 is 1.08 bits per heavy atom. The van der Waals surface area contributed by atoms with Gasteiger partial charge in [-0.25, -0.2) is 9.78 Å². The minimum atomic E-state index is -1.07. The molecule has 1 aromatic heterocycles. The van der Waals surface area contributed by atoms with Crippen molar-refractivity contribution in [2.75, 3.05) is 13.2 Å². The van der Waals surface area contributed by atoms with Gasteiger partial charge >= 0.3 is 5.97 Å². The molecule has 0 atom stereocenters. The van der Waals surface area contributed by atoms with Crippen LogP contribution in [0.4, 0.5) is 0 Å². The lowest BCUT2D eigenvalue weighted by Crippen LogP contribution is -2.40.